The number of likely N-dealkylation sites (tertiary alicyclic amines) is 1. The maximum absolute atomic E-state index is 12.2. The first-order valence-corrected chi connectivity index (χ1v) is 9.74. The van der Waals surface area contributed by atoms with Crippen molar-refractivity contribution in [2.75, 3.05) is 19.6 Å². The Labute approximate surface area is 155 Å². The van der Waals surface area contributed by atoms with Gasteiger partial charge in [-0.1, -0.05) is 11.6 Å². The Morgan fingerprint density at radius 1 is 1.27 bits per heavy atom. The average molecular weight is 358 g/mol. The second kappa shape index (κ2) is 9.03. The van der Waals surface area contributed by atoms with Gasteiger partial charge in [-0.15, -0.1) is 0 Å². The van der Waals surface area contributed by atoms with Crippen molar-refractivity contribution >= 4 is 11.9 Å². The molecule has 0 radical (unpaired) electrons. The first-order valence-electron chi connectivity index (χ1n) is 9.74. The number of carbonyl (C=O) groups excluding carboxylic acids is 2. The molecule has 1 aliphatic carbocycles. The van der Waals surface area contributed by atoms with E-state index in [2.05, 4.69) is 32.2 Å². The van der Waals surface area contributed by atoms with Crippen LogP contribution in [0, 0.1) is 0 Å². The van der Waals surface area contributed by atoms with Crippen molar-refractivity contribution < 1.29 is 9.59 Å². The SMILES string of the molecule is Cn1cccc1[C@H]1CCCN1CC(=O)NC(=O)NCCC1=CCCCC1. The second-order valence-corrected chi connectivity index (χ2v) is 7.33. The third-order valence-electron chi connectivity index (χ3n) is 5.41. The predicted octanol–water partition coefficient (Wildman–Crippen LogP) is 2.88. The standard InChI is InChI=1S/C20H30N4O2/c1-23-13-5-9-17(23)18-10-6-14-24(18)15-19(25)22-20(26)21-12-11-16-7-3-2-4-8-16/h5,7,9,13,18H,2-4,6,8,10-12,14-15H2,1H3,(H2,21,22,25,26)/t18-/m1/s1. The molecule has 1 atom stereocenters. The summed E-state index contributed by atoms with van der Waals surface area (Å²) in [5.41, 5.74) is 2.64. The molecule has 2 N–H and O–H groups in total. The summed E-state index contributed by atoms with van der Waals surface area (Å²) in [7, 11) is 2.03. The average Bonchev–Trinajstić information content (AvgIpc) is 3.24. The minimum atomic E-state index is -0.388. The molecule has 1 saturated heterocycles. The first kappa shape index (κ1) is 18.7. The van der Waals surface area contributed by atoms with Crippen molar-refractivity contribution in [2.45, 2.75) is 51.0 Å². The Balaban J connectivity index is 1.41. The van der Waals surface area contributed by atoms with Crippen LogP contribution in [0.4, 0.5) is 4.79 Å². The lowest BCUT2D eigenvalue weighted by Gasteiger charge is -2.24. The Kier molecular flexibility index (Phi) is 6.50. The lowest BCUT2D eigenvalue weighted by atomic mass is 9.97. The third kappa shape index (κ3) is 4.97. The first-order chi connectivity index (χ1) is 12.6. The van der Waals surface area contributed by atoms with Gasteiger partial charge < -0.3 is 9.88 Å². The molecule has 3 amide bonds. The number of carbonyl (C=O) groups is 2. The summed E-state index contributed by atoms with van der Waals surface area (Å²) in [4.78, 5) is 26.3. The molecule has 1 aromatic heterocycles. The van der Waals surface area contributed by atoms with Crippen LogP contribution < -0.4 is 10.6 Å². The van der Waals surface area contributed by atoms with Crippen LogP contribution in [0.2, 0.25) is 0 Å². The fourth-order valence-corrected chi connectivity index (χ4v) is 4.03. The molecule has 2 heterocycles. The van der Waals surface area contributed by atoms with Gasteiger partial charge in [0.15, 0.2) is 0 Å². The molecule has 1 aliphatic heterocycles. The van der Waals surface area contributed by atoms with Crippen LogP contribution in [0.15, 0.2) is 30.0 Å². The maximum atomic E-state index is 12.2. The predicted molar refractivity (Wildman–Crippen MR) is 102 cm³/mol. The fourth-order valence-electron chi connectivity index (χ4n) is 4.03. The van der Waals surface area contributed by atoms with Crippen molar-refractivity contribution in [2.24, 2.45) is 7.05 Å². The van der Waals surface area contributed by atoms with Crippen LogP contribution in [-0.4, -0.2) is 41.0 Å². The zero-order valence-electron chi connectivity index (χ0n) is 15.7. The molecule has 0 bridgehead atoms. The highest BCUT2D eigenvalue weighted by Gasteiger charge is 2.29. The van der Waals surface area contributed by atoms with Crippen LogP contribution >= 0.6 is 0 Å². The smallest absolute Gasteiger partial charge is 0.321 e. The van der Waals surface area contributed by atoms with Crippen LogP contribution in [0.5, 0.6) is 0 Å². The van der Waals surface area contributed by atoms with Gasteiger partial charge in [-0.3, -0.25) is 15.0 Å². The van der Waals surface area contributed by atoms with Gasteiger partial charge in [0.2, 0.25) is 5.91 Å². The van der Waals surface area contributed by atoms with Gasteiger partial charge >= 0.3 is 6.03 Å². The van der Waals surface area contributed by atoms with E-state index in [0.29, 0.717) is 6.54 Å². The van der Waals surface area contributed by atoms with Gasteiger partial charge in [-0.05, 0) is 63.6 Å². The Morgan fingerprint density at radius 3 is 2.88 bits per heavy atom. The zero-order valence-corrected chi connectivity index (χ0v) is 15.7. The Bertz CT molecular complexity index is 665. The van der Waals surface area contributed by atoms with Gasteiger partial charge in [0, 0.05) is 25.5 Å². The molecular formula is C20H30N4O2. The van der Waals surface area contributed by atoms with E-state index in [-0.39, 0.29) is 24.5 Å². The molecule has 0 unspecified atom stereocenters. The third-order valence-corrected chi connectivity index (χ3v) is 5.41. The number of nitrogens with one attached hydrogen (secondary N) is 2. The lowest BCUT2D eigenvalue weighted by molar-refractivity contribution is -0.121. The van der Waals surface area contributed by atoms with Gasteiger partial charge in [-0.2, -0.15) is 0 Å². The zero-order chi connectivity index (χ0) is 18.4. The normalized spacial score (nSPS) is 20.7. The molecule has 0 spiro atoms. The van der Waals surface area contributed by atoms with Gasteiger partial charge in [0.1, 0.15) is 0 Å². The number of nitrogens with zero attached hydrogens (tertiary/aromatic N) is 2. The summed E-state index contributed by atoms with van der Waals surface area (Å²) in [6.07, 6.45) is 12.1. The fraction of sp³-hybridized carbons (Fsp3) is 0.600. The highest BCUT2D eigenvalue weighted by atomic mass is 16.2. The molecule has 6 nitrogen and oxygen atoms in total. The van der Waals surface area contributed by atoms with Gasteiger partial charge in [0.25, 0.3) is 0 Å². The van der Waals surface area contributed by atoms with E-state index in [0.717, 1.165) is 38.6 Å². The van der Waals surface area contributed by atoms with Crippen LogP contribution in [-0.2, 0) is 11.8 Å². The molecule has 26 heavy (non-hydrogen) atoms. The molecule has 1 fully saturated rings. The molecule has 6 heteroatoms. The number of allylic oxidation sites excluding steroid dienone is 1. The minimum Gasteiger partial charge on any atom is -0.353 e. The Hall–Kier alpha value is -2.08. The van der Waals surface area contributed by atoms with Crippen molar-refractivity contribution in [3.05, 3.63) is 35.7 Å². The second-order valence-electron chi connectivity index (χ2n) is 7.33. The van der Waals surface area contributed by atoms with Crippen molar-refractivity contribution in [1.82, 2.24) is 20.1 Å². The Morgan fingerprint density at radius 2 is 2.15 bits per heavy atom. The van der Waals surface area contributed by atoms with Crippen LogP contribution in [0.3, 0.4) is 0 Å². The topological polar surface area (TPSA) is 66.4 Å². The summed E-state index contributed by atoms with van der Waals surface area (Å²) in [6.45, 7) is 1.73. The monoisotopic (exact) mass is 358 g/mol. The number of hydrogen-bond acceptors (Lipinski definition) is 3. The molecule has 1 aromatic rings. The number of urea groups is 1. The van der Waals surface area contributed by atoms with Gasteiger partial charge in [-0.25, -0.2) is 4.79 Å². The summed E-state index contributed by atoms with van der Waals surface area (Å²) < 4.78 is 2.10. The number of amides is 3. The van der Waals surface area contributed by atoms with E-state index in [1.54, 1.807) is 0 Å². The number of aromatic nitrogens is 1. The van der Waals surface area contributed by atoms with E-state index >= 15 is 0 Å². The highest BCUT2D eigenvalue weighted by Crippen LogP contribution is 2.31. The van der Waals surface area contributed by atoms with E-state index in [1.807, 2.05) is 19.3 Å². The number of imide groups is 1. The van der Waals surface area contributed by atoms with E-state index in [4.69, 9.17) is 0 Å². The summed E-state index contributed by atoms with van der Waals surface area (Å²) >= 11 is 0. The quantitative estimate of drug-likeness (QED) is 0.769. The number of aryl methyl sites for hydroxylation is 1. The molecular weight excluding hydrogens is 328 g/mol. The summed E-state index contributed by atoms with van der Waals surface area (Å²) in [5.74, 6) is -0.236. The van der Waals surface area contributed by atoms with Crippen molar-refractivity contribution in [3.63, 3.8) is 0 Å². The molecule has 142 valence electrons. The highest BCUT2D eigenvalue weighted by molar-refractivity contribution is 5.95. The molecule has 0 saturated carbocycles. The van der Waals surface area contributed by atoms with Gasteiger partial charge in [0.05, 0.1) is 12.6 Å². The van der Waals surface area contributed by atoms with Crippen molar-refractivity contribution in [3.8, 4) is 0 Å². The lowest BCUT2D eigenvalue weighted by Crippen LogP contribution is -2.44. The van der Waals surface area contributed by atoms with Crippen LogP contribution in [0.25, 0.3) is 0 Å². The molecule has 0 aromatic carbocycles. The molecule has 3 rings (SSSR count). The summed E-state index contributed by atoms with van der Waals surface area (Å²) in [5, 5.41) is 5.27. The largest absolute Gasteiger partial charge is 0.353 e. The van der Waals surface area contributed by atoms with Crippen LogP contribution in [0.1, 0.15) is 56.7 Å². The van der Waals surface area contributed by atoms with E-state index < -0.39 is 0 Å². The van der Waals surface area contributed by atoms with E-state index in [9.17, 15) is 9.59 Å². The number of hydrogen-bond donors (Lipinski definition) is 2. The summed E-state index contributed by atoms with van der Waals surface area (Å²) in [6, 6.07) is 4.00. The minimum absolute atomic E-state index is 0.236. The molecule has 2 aliphatic rings. The maximum Gasteiger partial charge on any atom is 0.321 e. The van der Waals surface area contributed by atoms with Crippen molar-refractivity contribution in [1.29, 1.82) is 0 Å². The van der Waals surface area contributed by atoms with E-state index in [1.165, 1.54) is 24.1 Å². The number of rotatable bonds is 6.